The number of rotatable bonds is 4. The third kappa shape index (κ3) is 2.94. The maximum Gasteiger partial charge on any atom is 0.0492 e. The van der Waals surface area contributed by atoms with E-state index < -0.39 is 0 Å². The summed E-state index contributed by atoms with van der Waals surface area (Å²) >= 11 is 0. The lowest BCUT2D eigenvalue weighted by atomic mass is 9.63. The minimum Gasteiger partial charge on any atom is -0.330 e. The molecular weight excluding hydrogens is 222 g/mol. The summed E-state index contributed by atoms with van der Waals surface area (Å²) in [5, 5.41) is 4.24. The topological polar surface area (TPSA) is 43.8 Å². The predicted octanol–water partition coefficient (Wildman–Crippen LogP) is 2.90. The largest absolute Gasteiger partial charge is 0.330 e. The van der Waals surface area contributed by atoms with Crippen molar-refractivity contribution >= 4 is 0 Å². The number of hydrogen-bond acceptors (Lipinski definition) is 2. The van der Waals surface area contributed by atoms with Crippen molar-refractivity contribution in [3.63, 3.8) is 0 Å². The summed E-state index contributed by atoms with van der Waals surface area (Å²) < 4.78 is 1.98. The Bertz CT molecular complexity index is 382. The highest BCUT2D eigenvalue weighted by Crippen LogP contribution is 2.46. The van der Waals surface area contributed by atoms with Gasteiger partial charge in [-0.05, 0) is 62.0 Å². The Hall–Kier alpha value is -0.830. The first-order chi connectivity index (χ1) is 8.46. The molecular formula is C15H27N3. The molecule has 0 spiro atoms. The normalized spacial score (nSPS) is 22.0. The van der Waals surface area contributed by atoms with Gasteiger partial charge in [-0.2, -0.15) is 5.10 Å². The summed E-state index contributed by atoms with van der Waals surface area (Å²) in [6, 6.07) is 2.12. The van der Waals surface area contributed by atoms with Crippen LogP contribution in [0, 0.1) is 10.8 Å². The van der Waals surface area contributed by atoms with Gasteiger partial charge in [0, 0.05) is 18.9 Å². The molecule has 0 unspecified atom stereocenters. The fraction of sp³-hybridized carbons (Fsp3) is 0.800. The molecule has 0 bridgehead atoms. The van der Waals surface area contributed by atoms with Gasteiger partial charge in [0.25, 0.3) is 0 Å². The SMILES string of the molecule is Cn1nccc1CCC1(CN)CCC(C)(C)CC1. The van der Waals surface area contributed by atoms with Crippen LogP contribution in [0.4, 0.5) is 0 Å². The van der Waals surface area contributed by atoms with E-state index in [4.69, 9.17) is 5.73 Å². The lowest BCUT2D eigenvalue weighted by molar-refractivity contribution is 0.0992. The molecule has 1 aliphatic rings. The first-order valence-electron chi connectivity index (χ1n) is 7.13. The lowest BCUT2D eigenvalue weighted by Gasteiger charge is -2.43. The zero-order valence-corrected chi connectivity index (χ0v) is 12.1. The second-order valence-corrected chi connectivity index (χ2v) is 6.81. The number of nitrogens with two attached hydrogens (primary N) is 1. The summed E-state index contributed by atoms with van der Waals surface area (Å²) in [7, 11) is 2.02. The molecule has 1 aromatic heterocycles. The quantitative estimate of drug-likeness (QED) is 0.891. The van der Waals surface area contributed by atoms with Crippen molar-refractivity contribution in [2.24, 2.45) is 23.6 Å². The van der Waals surface area contributed by atoms with E-state index >= 15 is 0 Å². The molecule has 0 radical (unpaired) electrons. The fourth-order valence-electron chi connectivity index (χ4n) is 3.05. The minimum absolute atomic E-state index is 0.375. The molecule has 1 aliphatic carbocycles. The van der Waals surface area contributed by atoms with E-state index in [0.29, 0.717) is 10.8 Å². The number of nitrogens with zero attached hydrogens (tertiary/aromatic N) is 2. The van der Waals surface area contributed by atoms with Crippen molar-refractivity contribution in [3.8, 4) is 0 Å². The van der Waals surface area contributed by atoms with Gasteiger partial charge < -0.3 is 5.73 Å². The van der Waals surface area contributed by atoms with Gasteiger partial charge in [-0.15, -0.1) is 0 Å². The van der Waals surface area contributed by atoms with Crippen molar-refractivity contribution < 1.29 is 0 Å². The highest BCUT2D eigenvalue weighted by atomic mass is 15.2. The van der Waals surface area contributed by atoms with E-state index in [-0.39, 0.29) is 0 Å². The molecule has 0 amide bonds. The maximum absolute atomic E-state index is 6.08. The van der Waals surface area contributed by atoms with Crippen molar-refractivity contribution in [2.45, 2.75) is 52.4 Å². The lowest BCUT2D eigenvalue weighted by Crippen LogP contribution is -2.37. The summed E-state index contributed by atoms with van der Waals surface area (Å²) in [5.74, 6) is 0. The van der Waals surface area contributed by atoms with E-state index in [0.717, 1.165) is 13.0 Å². The van der Waals surface area contributed by atoms with Gasteiger partial charge in [0.05, 0.1) is 0 Å². The van der Waals surface area contributed by atoms with Crippen LogP contribution in [0.1, 0.15) is 51.6 Å². The smallest absolute Gasteiger partial charge is 0.0492 e. The third-order valence-corrected chi connectivity index (χ3v) is 4.93. The highest BCUT2D eigenvalue weighted by Gasteiger charge is 2.36. The Morgan fingerprint density at radius 1 is 1.28 bits per heavy atom. The van der Waals surface area contributed by atoms with Gasteiger partial charge in [0.2, 0.25) is 0 Å². The number of hydrogen-bond donors (Lipinski definition) is 1. The van der Waals surface area contributed by atoms with Crippen molar-refractivity contribution in [3.05, 3.63) is 18.0 Å². The molecule has 1 saturated carbocycles. The summed E-state index contributed by atoms with van der Waals surface area (Å²) in [4.78, 5) is 0. The molecule has 1 aromatic rings. The van der Waals surface area contributed by atoms with E-state index in [1.54, 1.807) is 0 Å². The van der Waals surface area contributed by atoms with Crippen molar-refractivity contribution in [2.75, 3.05) is 6.54 Å². The summed E-state index contributed by atoms with van der Waals surface area (Å²) in [6.45, 7) is 5.60. The Labute approximate surface area is 111 Å². The Morgan fingerprint density at radius 3 is 2.44 bits per heavy atom. The molecule has 0 atom stereocenters. The Morgan fingerprint density at radius 2 is 1.94 bits per heavy atom. The summed E-state index contributed by atoms with van der Waals surface area (Å²) in [6.07, 6.45) is 9.40. The predicted molar refractivity (Wildman–Crippen MR) is 75.3 cm³/mol. The Kier molecular flexibility index (Phi) is 3.81. The van der Waals surface area contributed by atoms with Gasteiger partial charge in [-0.1, -0.05) is 13.8 Å². The monoisotopic (exact) mass is 249 g/mol. The second-order valence-electron chi connectivity index (χ2n) is 6.81. The molecule has 2 N–H and O–H groups in total. The highest BCUT2D eigenvalue weighted by molar-refractivity contribution is 5.02. The van der Waals surface area contributed by atoms with Gasteiger partial charge in [0.15, 0.2) is 0 Å². The van der Waals surface area contributed by atoms with Crippen LogP contribution in [0.15, 0.2) is 12.3 Å². The molecule has 102 valence electrons. The van der Waals surface area contributed by atoms with Gasteiger partial charge >= 0.3 is 0 Å². The van der Waals surface area contributed by atoms with Gasteiger partial charge in [-0.25, -0.2) is 0 Å². The average molecular weight is 249 g/mol. The average Bonchev–Trinajstić information content (AvgIpc) is 2.75. The minimum atomic E-state index is 0.375. The van der Waals surface area contributed by atoms with E-state index in [1.165, 1.54) is 37.8 Å². The molecule has 1 heterocycles. The standard InChI is InChI=1S/C15H27N3/c1-14(2)7-9-15(12-16,10-8-14)6-4-13-5-11-17-18(13)3/h5,11H,4,6-10,12,16H2,1-3H3. The number of aromatic nitrogens is 2. The van der Waals surface area contributed by atoms with E-state index in [2.05, 4.69) is 25.0 Å². The van der Waals surface area contributed by atoms with Crippen LogP contribution in [0.5, 0.6) is 0 Å². The third-order valence-electron chi connectivity index (χ3n) is 4.93. The van der Waals surface area contributed by atoms with Crippen LogP contribution in [0.2, 0.25) is 0 Å². The van der Waals surface area contributed by atoms with E-state index in [9.17, 15) is 0 Å². The molecule has 0 aliphatic heterocycles. The van der Waals surface area contributed by atoms with Crippen molar-refractivity contribution in [1.82, 2.24) is 9.78 Å². The van der Waals surface area contributed by atoms with Crippen LogP contribution >= 0.6 is 0 Å². The molecule has 0 aromatic carbocycles. The molecule has 1 fully saturated rings. The first-order valence-corrected chi connectivity index (χ1v) is 7.13. The van der Waals surface area contributed by atoms with Crippen LogP contribution in [0.25, 0.3) is 0 Å². The van der Waals surface area contributed by atoms with Crippen LogP contribution < -0.4 is 5.73 Å². The zero-order chi connectivity index (χ0) is 13.2. The fourth-order valence-corrected chi connectivity index (χ4v) is 3.05. The van der Waals surface area contributed by atoms with Crippen molar-refractivity contribution in [1.29, 1.82) is 0 Å². The van der Waals surface area contributed by atoms with Gasteiger partial charge in [-0.3, -0.25) is 4.68 Å². The van der Waals surface area contributed by atoms with Crippen LogP contribution in [0.3, 0.4) is 0 Å². The maximum atomic E-state index is 6.08. The molecule has 18 heavy (non-hydrogen) atoms. The molecule has 3 nitrogen and oxygen atoms in total. The van der Waals surface area contributed by atoms with Crippen LogP contribution in [-0.2, 0) is 13.5 Å². The van der Waals surface area contributed by atoms with E-state index in [1.807, 2.05) is 17.9 Å². The second kappa shape index (κ2) is 5.04. The number of aryl methyl sites for hydroxylation is 2. The molecule has 0 saturated heterocycles. The zero-order valence-electron chi connectivity index (χ0n) is 12.1. The summed E-state index contributed by atoms with van der Waals surface area (Å²) in [5.41, 5.74) is 8.30. The first kappa shape index (κ1) is 13.6. The molecule has 3 heteroatoms. The van der Waals surface area contributed by atoms with Gasteiger partial charge in [0.1, 0.15) is 0 Å². The Balaban J connectivity index is 1.96. The van der Waals surface area contributed by atoms with Crippen LogP contribution in [-0.4, -0.2) is 16.3 Å². The molecule has 2 rings (SSSR count).